The van der Waals surface area contributed by atoms with Crippen LogP contribution in [0.2, 0.25) is 0 Å². The zero-order chi connectivity index (χ0) is 13.9. The summed E-state index contributed by atoms with van der Waals surface area (Å²) in [7, 11) is 0. The second-order valence-corrected chi connectivity index (χ2v) is 5.60. The zero-order valence-corrected chi connectivity index (χ0v) is 11.8. The number of hydrogen-bond donors (Lipinski definition) is 0. The van der Waals surface area contributed by atoms with Crippen LogP contribution in [0.1, 0.15) is 16.1 Å². The van der Waals surface area contributed by atoms with Crippen LogP contribution in [0.5, 0.6) is 0 Å². The number of nitriles is 1. The normalized spacial score (nSPS) is 11.5. The Morgan fingerprint density at radius 1 is 1.20 bits per heavy atom. The number of aromatic nitrogens is 1. The molecule has 2 aromatic carbocycles. The number of hydrogen-bond acceptors (Lipinski definition) is 3. The van der Waals surface area contributed by atoms with Gasteiger partial charge in [0.25, 0.3) is 0 Å². The van der Waals surface area contributed by atoms with E-state index in [4.69, 9.17) is 0 Å². The van der Waals surface area contributed by atoms with Crippen molar-refractivity contribution >= 4 is 33.2 Å². The van der Waals surface area contributed by atoms with Crippen molar-refractivity contribution in [2.75, 3.05) is 0 Å². The minimum Gasteiger partial charge on any atom is -0.235 e. The van der Waals surface area contributed by atoms with E-state index in [2.05, 4.69) is 17.1 Å². The second-order valence-electron chi connectivity index (χ2n) is 4.57. The van der Waals surface area contributed by atoms with Gasteiger partial charge in [0.2, 0.25) is 0 Å². The fraction of sp³-hybridized carbons (Fsp3) is 0.0588. The molecule has 20 heavy (non-hydrogen) atoms. The molecule has 3 aromatic rings. The van der Waals surface area contributed by atoms with Crippen LogP contribution in [0.3, 0.4) is 0 Å². The maximum absolute atomic E-state index is 9.38. The van der Waals surface area contributed by atoms with E-state index in [1.165, 1.54) is 5.56 Å². The average Bonchev–Trinajstić information content (AvgIpc) is 2.88. The number of benzene rings is 2. The highest BCUT2D eigenvalue weighted by molar-refractivity contribution is 7.19. The molecule has 2 nitrogen and oxygen atoms in total. The van der Waals surface area contributed by atoms with Crippen molar-refractivity contribution in [1.82, 2.24) is 4.98 Å². The van der Waals surface area contributed by atoms with Crippen molar-refractivity contribution in [1.29, 1.82) is 5.26 Å². The van der Waals surface area contributed by atoms with Crippen LogP contribution in [0.15, 0.2) is 48.5 Å². The predicted molar refractivity (Wildman–Crippen MR) is 84.3 cm³/mol. The first-order valence-electron chi connectivity index (χ1n) is 6.31. The van der Waals surface area contributed by atoms with Crippen molar-refractivity contribution in [2.45, 2.75) is 6.92 Å². The van der Waals surface area contributed by atoms with E-state index in [9.17, 15) is 5.26 Å². The lowest BCUT2D eigenvalue weighted by Crippen LogP contribution is -1.81. The van der Waals surface area contributed by atoms with Crippen molar-refractivity contribution in [3.63, 3.8) is 0 Å². The summed E-state index contributed by atoms with van der Waals surface area (Å²) in [5.74, 6) is 0. The molecule has 0 atom stereocenters. The van der Waals surface area contributed by atoms with Gasteiger partial charge in [0.1, 0.15) is 11.1 Å². The number of fused-ring (bicyclic) bond motifs is 1. The molecule has 0 N–H and O–H groups in total. The third-order valence-electron chi connectivity index (χ3n) is 3.00. The zero-order valence-electron chi connectivity index (χ0n) is 11.0. The molecule has 96 valence electrons. The Balaban J connectivity index is 2.07. The molecule has 0 amide bonds. The first-order valence-corrected chi connectivity index (χ1v) is 7.12. The first kappa shape index (κ1) is 12.6. The van der Waals surface area contributed by atoms with E-state index in [0.29, 0.717) is 5.57 Å². The highest BCUT2D eigenvalue weighted by atomic mass is 32.1. The summed E-state index contributed by atoms with van der Waals surface area (Å²) < 4.78 is 1.10. The molecule has 3 heteroatoms. The number of para-hydroxylation sites is 1. The Labute approximate surface area is 121 Å². The summed E-state index contributed by atoms with van der Waals surface area (Å²) in [6.45, 7) is 2.04. The Bertz CT molecular complexity index is 804. The minimum atomic E-state index is 0.608. The Kier molecular flexibility index (Phi) is 3.32. The lowest BCUT2D eigenvalue weighted by atomic mass is 10.1. The van der Waals surface area contributed by atoms with Crippen molar-refractivity contribution in [3.05, 3.63) is 64.7 Å². The topological polar surface area (TPSA) is 36.7 Å². The highest BCUT2D eigenvalue weighted by Crippen LogP contribution is 2.27. The number of allylic oxidation sites excluding steroid dienone is 1. The van der Waals surface area contributed by atoms with Crippen LogP contribution < -0.4 is 0 Å². The molecule has 0 bridgehead atoms. The first-order chi connectivity index (χ1) is 9.76. The van der Waals surface area contributed by atoms with Crippen molar-refractivity contribution in [2.24, 2.45) is 0 Å². The molecule has 0 aliphatic heterocycles. The molecule has 1 heterocycles. The summed E-state index contributed by atoms with van der Waals surface area (Å²) in [4.78, 5) is 4.53. The van der Waals surface area contributed by atoms with Crippen LogP contribution in [0.4, 0.5) is 0 Å². The second kappa shape index (κ2) is 5.28. The minimum absolute atomic E-state index is 0.608. The van der Waals surface area contributed by atoms with Gasteiger partial charge in [-0.15, -0.1) is 11.3 Å². The Morgan fingerprint density at radius 3 is 2.80 bits per heavy atom. The van der Waals surface area contributed by atoms with Crippen molar-refractivity contribution in [3.8, 4) is 6.07 Å². The van der Waals surface area contributed by atoms with E-state index < -0.39 is 0 Å². The number of thiazole rings is 1. The average molecular weight is 276 g/mol. The van der Waals surface area contributed by atoms with Gasteiger partial charge in [-0.05, 0) is 30.7 Å². The summed E-state index contributed by atoms with van der Waals surface area (Å²) in [5, 5.41) is 10.2. The Hall–Kier alpha value is -2.44. The quantitative estimate of drug-likeness (QED) is 0.638. The molecule has 0 saturated heterocycles. The summed E-state index contributed by atoms with van der Waals surface area (Å²) >= 11 is 1.55. The monoisotopic (exact) mass is 276 g/mol. The maximum Gasteiger partial charge on any atom is 0.135 e. The van der Waals surface area contributed by atoms with E-state index in [1.807, 2.05) is 55.5 Å². The number of rotatable bonds is 2. The Morgan fingerprint density at radius 2 is 2.05 bits per heavy atom. The van der Waals surface area contributed by atoms with Gasteiger partial charge in [0.05, 0.1) is 15.8 Å². The molecular weight excluding hydrogens is 264 g/mol. The van der Waals surface area contributed by atoms with E-state index in [-0.39, 0.29) is 0 Å². The van der Waals surface area contributed by atoms with E-state index >= 15 is 0 Å². The summed E-state index contributed by atoms with van der Waals surface area (Å²) in [6, 6.07) is 18.3. The van der Waals surface area contributed by atoms with Gasteiger partial charge in [-0.3, -0.25) is 0 Å². The van der Waals surface area contributed by atoms with Gasteiger partial charge in [-0.1, -0.05) is 42.0 Å². The summed E-state index contributed by atoms with van der Waals surface area (Å²) in [6.07, 6.45) is 1.89. The van der Waals surface area contributed by atoms with Gasteiger partial charge in [0.15, 0.2) is 0 Å². The number of aryl methyl sites for hydroxylation is 1. The molecule has 0 spiro atoms. The predicted octanol–water partition coefficient (Wildman–Crippen LogP) is 4.67. The third-order valence-corrected chi connectivity index (χ3v) is 4.07. The van der Waals surface area contributed by atoms with E-state index in [1.54, 1.807) is 11.3 Å². The molecule has 1 aromatic heterocycles. The molecule has 3 rings (SSSR count). The van der Waals surface area contributed by atoms with Gasteiger partial charge < -0.3 is 0 Å². The van der Waals surface area contributed by atoms with Crippen LogP contribution in [0.25, 0.3) is 21.9 Å². The van der Waals surface area contributed by atoms with Crippen LogP contribution >= 0.6 is 11.3 Å². The maximum atomic E-state index is 9.38. The smallest absolute Gasteiger partial charge is 0.135 e. The lowest BCUT2D eigenvalue weighted by Gasteiger charge is -1.97. The molecule has 0 saturated carbocycles. The molecule has 0 aliphatic carbocycles. The fourth-order valence-corrected chi connectivity index (χ4v) is 2.99. The fourth-order valence-electron chi connectivity index (χ4n) is 2.06. The third kappa shape index (κ3) is 2.47. The largest absolute Gasteiger partial charge is 0.235 e. The summed E-state index contributed by atoms with van der Waals surface area (Å²) in [5.41, 5.74) is 3.76. The molecule has 0 radical (unpaired) electrons. The van der Waals surface area contributed by atoms with Gasteiger partial charge in [0, 0.05) is 0 Å². The lowest BCUT2D eigenvalue weighted by molar-refractivity contribution is 1.43. The SMILES string of the molecule is Cc1cccc(/C=C(/C#N)c2nc3ccccc3s2)c1. The molecule has 0 unspecified atom stereocenters. The van der Waals surface area contributed by atoms with Crippen LogP contribution in [0, 0.1) is 18.3 Å². The van der Waals surface area contributed by atoms with Gasteiger partial charge >= 0.3 is 0 Å². The molecule has 0 aliphatic rings. The van der Waals surface area contributed by atoms with Gasteiger partial charge in [-0.25, -0.2) is 4.98 Å². The van der Waals surface area contributed by atoms with Crippen molar-refractivity contribution < 1.29 is 0 Å². The standard InChI is InChI=1S/C17H12N2S/c1-12-5-4-6-13(9-12)10-14(11-18)17-19-15-7-2-3-8-16(15)20-17/h2-10H,1H3/b14-10-. The van der Waals surface area contributed by atoms with Gasteiger partial charge in [-0.2, -0.15) is 5.26 Å². The van der Waals surface area contributed by atoms with Crippen LogP contribution in [-0.2, 0) is 0 Å². The number of nitrogens with zero attached hydrogens (tertiary/aromatic N) is 2. The van der Waals surface area contributed by atoms with E-state index in [0.717, 1.165) is 20.8 Å². The molecule has 0 fully saturated rings. The molecular formula is C17H12N2S. The highest BCUT2D eigenvalue weighted by Gasteiger charge is 2.08. The van der Waals surface area contributed by atoms with Crippen LogP contribution in [-0.4, -0.2) is 4.98 Å².